The summed E-state index contributed by atoms with van der Waals surface area (Å²) in [5.41, 5.74) is 0. The number of hydrogen-bond donors (Lipinski definition) is 0. The standard InChI is InChI=1S/C11H22BrNO/c1-7(2)9(5)13(6)11(14)10(12)8(3)4/h7-10H,1-6H3. The fraction of sp³-hybridized carbons (Fsp3) is 0.909. The Labute approximate surface area is 96.2 Å². The van der Waals surface area contributed by atoms with Gasteiger partial charge in [0.05, 0.1) is 4.83 Å². The quantitative estimate of drug-likeness (QED) is 0.715. The first-order valence-corrected chi connectivity index (χ1v) is 6.11. The van der Waals surface area contributed by atoms with Crippen LogP contribution in [-0.2, 0) is 4.79 Å². The summed E-state index contributed by atoms with van der Waals surface area (Å²) in [7, 11) is 1.88. The van der Waals surface area contributed by atoms with Gasteiger partial charge < -0.3 is 4.90 Å². The van der Waals surface area contributed by atoms with Crippen LogP contribution in [0.25, 0.3) is 0 Å². The number of halogens is 1. The van der Waals surface area contributed by atoms with Crippen LogP contribution in [0.2, 0.25) is 0 Å². The second kappa shape index (κ2) is 5.74. The molecule has 1 amide bonds. The van der Waals surface area contributed by atoms with Crippen molar-refractivity contribution in [3.63, 3.8) is 0 Å². The van der Waals surface area contributed by atoms with Gasteiger partial charge in [-0.15, -0.1) is 0 Å². The molecule has 0 aromatic heterocycles. The van der Waals surface area contributed by atoms with E-state index in [2.05, 4.69) is 36.7 Å². The van der Waals surface area contributed by atoms with E-state index in [-0.39, 0.29) is 10.7 Å². The second-order valence-corrected chi connectivity index (χ2v) is 5.57. The Bertz CT molecular complexity index is 192. The molecule has 84 valence electrons. The predicted octanol–water partition coefficient (Wildman–Crippen LogP) is 2.91. The van der Waals surface area contributed by atoms with E-state index in [1.165, 1.54) is 0 Å². The molecule has 2 atom stereocenters. The number of alkyl halides is 1. The Kier molecular flexibility index (Phi) is 5.72. The minimum atomic E-state index is -0.0614. The smallest absolute Gasteiger partial charge is 0.236 e. The van der Waals surface area contributed by atoms with Gasteiger partial charge in [-0.1, -0.05) is 43.6 Å². The second-order valence-electron chi connectivity index (χ2n) is 4.58. The van der Waals surface area contributed by atoms with Gasteiger partial charge in [0.25, 0.3) is 0 Å². The van der Waals surface area contributed by atoms with Crippen LogP contribution in [-0.4, -0.2) is 28.7 Å². The first-order chi connectivity index (χ1) is 6.29. The number of carbonyl (C=O) groups is 1. The summed E-state index contributed by atoms with van der Waals surface area (Å²) in [4.78, 5) is 13.7. The van der Waals surface area contributed by atoms with Crippen LogP contribution in [0.5, 0.6) is 0 Å². The molecule has 0 aliphatic rings. The van der Waals surface area contributed by atoms with Crippen molar-refractivity contribution in [2.45, 2.75) is 45.5 Å². The lowest BCUT2D eigenvalue weighted by Crippen LogP contribution is -2.43. The van der Waals surface area contributed by atoms with Gasteiger partial charge in [-0.3, -0.25) is 4.79 Å². The Morgan fingerprint density at radius 1 is 1.07 bits per heavy atom. The number of hydrogen-bond acceptors (Lipinski definition) is 1. The zero-order valence-electron chi connectivity index (χ0n) is 10.0. The minimum absolute atomic E-state index is 0.0614. The van der Waals surface area contributed by atoms with Gasteiger partial charge in [0.2, 0.25) is 5.91 Å². The normalized spacial score (nSPS) is 15.8. The molecule has 3 heteroatoms. The molecule has 0 aromatic carbocycles. The van der Waals surface area contributed by atoms with Crippen LogP contribution < -0.4 is 0 Å². The van der Waals surface area contributed by atoms with Crippen LogP contribution in [0.3, 0.4) is 0 Å². The average Bonchev–Trinajstić information content (AvgIpc) is 2.12. The molecule has 0 rings (SSSR count). The monoisotopic (exact) mass is 263 g/mol. The summed E-state index contributed by atoms with van der Waals surface area (Å²) < 4.78 is 0. The van der Waals surface area contributed by atoms with Gasteiger partial charge in [-0.2, -0.15) is 0 Å². The highest BCUT2D eigenvalue weighted by molar-refractivity contribution is 9.10. The fourth-order valence-corrected chi connectivity index (χ4v) is 1.45. The lowest BCUT2D eigenvalue weighted by atomic mass is 10.0. The van der Waals surface area contributed by atoms with Gasteiger partial charge in [0.1, 0.15) is 0 Å². The highest BCUT2D eigenvalue weighted by atomic mass is 79.9. The molecule has 0 spiro atoms. The molecule has 14 heavy (non-hydrogen) atoms. The molecule has 2 nitrogen and oxygen atoms in total. The van der Waals surface area contributed by atoms with E-state index in [0.29, 0.717) is 17.9 Å². The fourth-order valence-electron chi connectivity index (χ4n) is 1.13. The van der Waals surface area contributed by atoms with Crippen molar-refractivity contribution in [1.82, 2.24) is 4.90 Å². The zero-order chi connectivity index (χ0) is 11.5. The van der Waals surface area contributed by atoms with E-state index >= 15 is 0 Å². The molecule has 0 saturated carbocycles. The molecule has 0 aliphatic carbocycles. The molecule has 2 unspecified atom stereocenters. The molecule has 0 heterocycles. The van der Waals surface area contributed by atoms with E-state index in [1.807, 2.05) is 25.8 Å². The maximum atomic E-state index is 11.9. The van der Waals surface area contributed by atoms with Crippen LogP contribution in [0.1, 0.15) is 34.6 Å². The lowest BCUT2D eigenvalue weighted by molar-refractivity contribution is -0.132. The van der Waals surface area contributed by atoms with Gasteiger partial charge in [-0.25, -0.2) is 0 Å². The van der Waals surface area contributed by atoms with E-state index in [9.17, 15) is 4.79 Å². The molecule has 0 fully saturated rings. The molecule has 0 aliphatic heterocycles. The Morgan fingerprint density at radius 2 is 1.50 bits per heavy atom. The average molecular weight is 264 g/mol. The molecule has 0 bridgehead atoms. The number of rotatable bonds is 4. The van der Waals surface area contributed by atoms with Crippen molar-refractivity contribution in [2.24, 2.45) is 11.8 Å². The van der Waals surface area contributed by atoms with Crippen LogP contribution in [0.15, 0.2) is 0 Å². The third-order valence-electron chi connectivity index (χ3n) is 2.74. The van der Waals surface area contributed by atoms with Gasteiger partial charge in [0.15, 0.2) is 0 Å². The van der Waals surface area contributed by atoms with E-state index in [4.69, 9.17) is 0 Å². The Hall–Kier alpha value is -0.0500. The summed E-state index contributed by atoms with van der Waals surface area (Å²) in [5.74, 6) is 1.02. The zero-order valence-corrected chi connectivity index (χ0v) is 11.6. The summed E-state index contributed by atoms with van der Waals surface area (Å²) in [6.07, 6.45) is 0. The third-order valence-corrected chi connectivity index (χ3v) is 4.19. The highest BCUT2D eigenvalue weighted by Gasteiger charge is 2.26. The topological polar surface area (TPSA) is 20.3 Å². The SMILES string of the molecule is CC(C)C(Br)C(=O)N(C)C(C)C(C)C. The van der Waals surface area contributed by atoms with Crippen LogP contribution in [0.4, 0.5) is 0 Å². The predicted molar refractivity (Wildman–Crippen MR) is 64.6 cm³/mol. The number of amides is 1. The summed E-state index contributed by atoms with van der Waals surface area (Å²) in [6, 6.07) is 0.293. The molecule has 0 N–H and O–H groups in total. The maximum Gasteiger partial charge on any atom is 0.236 e. The molecular weight excluding hydrogens is 242 g/mol. The van der Waals surface area contributed by atoms with Crippen molar-refractivity contribution in [3.8, 4) is 0 Å². The highest BCUT2D eigenvalue weighted by Crippen LogP contribution is 2.17. The van der Waals surface area contributed by atoms with Gasteiger partial charge in [-0.05, 0) is 18.8 Å². The van der Waals surface area contributed by atoms with E-state index in [1.54, 1.807) is 0 Å². The number of carbonyl (C=O) groups excluding carboxylic acids is 1. The third kappa shape index (κ3) is 3.60. The molecule has 0 saturated heterocycles. The van der Waals surface area contributed by atoms with Gasteiger partial charge >= 0.3 is 0 Å². The maximum absolute atomic E-state index is 11.9. The van der Waals surface area contributed by atoms with Crippen molar-refractivity contribution in [2.75, 3.05) is 7.05 Å². The van der Waals surface area contributed by atoms with E-state index in [0.717, 1.165) is 0 Å². The van der Waals surface area contributed by atoms with Crippen LogP contribution >= 0.6 is 15.9 Å². The first kappa shape index (κ1) is 13.9. The van der Waals surface area contributed by atoms with E-state index < -0.39 is 0 Å². The Morgan fingerprint density at radius 3 is 1.79 bits per heavy atom. The molecular formula is C11H22BrNO. The first-order valence-electron chi connectivity index (χ1n) is 5.19. The summed E-state index contributed by atoms with van der Waals surface area (Å²) in [6.45, 7) is 10.4. The van der Waals surface area contributed by atoms with Crippen molar-refractivity contribution in [3.05, 3.63) is 0 Å². The largest absolute Gasteiger partial charge is 0.342 e. The minimum Gasteiger partial charge on any atom is -0.342 e. The number of nitrogens with zero attached hydrogens (tertiary/aromatic N) is 1. The molecule has 0 radical (unpaired) electrons. The summed E-state index contributed by atoms with van der Waals surface area (Å²) in [5, 5.41) is 0. The Balaban J connectivity index is 4.39. The molecule has 0 aromatic rings. The summed E-state index contributed by atoms with van der Waals surface area (Å²) >= 11 is 3.43. The van der Waals surface area contributed by atoms with Crippen LogP contribution in [0, 0.1) is 11.8 Å². The lowest BCUT2D eigenvalue weighted by Gasteiger charge is -2.30. The van der Waals surface area contributed by atoms with Crippen molar-refractivity contribution >= 4 is 21.8 Å². The van der Waals surface area contributed by atoms with Crippen molar-refractivity contribution in [1.29, 1.82) is 0 Å². The van der Waals surface area contributed by atoms with Gasteiger partial charge in [0, 0.05) is 13.1 Å². The van der Waals surface area contributed by atoms with Crippen molar-refractivity contribution < 1.29 is 4.79 Å².